The number of nitrogens with two attached hydrogens (primary N) is 4. The summed E-state index contributed by atoms with van der Waals surface area (Å²) < 4.78 is 92.6. The topological polar surface area (TPSA) is 416 Å². The third-order valence-electron chi connectivity index (χ3n) is 21.8. The number of benzene rings is 11. The number of ether oxygens (including phenoxy) is 2. The molecule has 0 saturated carbocycles. The van der Waals surface area contributed by atoms with E-state index in [0.29, 0.717) is 179 Å². The molecule has 0 aliphatic carbocycles. The van der Waals surface area contributed by atoms with Crippen LogP contribution in [-0.2, 0) is 31.9 Å². The molecule has 4 amide bonds. The van der Waals surface area contributed by atoms with Gasteiger partial charge in [0.25, 0.3) is 23.6 Å². The van der Waals surface area contributed by atoms with Gasteiger partial charge in [-0.25, -0.2) is 44.3 Å². The van der Waals surface area contributed by atoms with Gasteiger partial charge in [0.05, 0.1) is 89.6 Å². The summed E-state index contributed by atoms with van der Waals surface area (Å²) in [6.45, 7) is 25.0. The normalized spacial score (nSPS) is 11.4. The quantitative estimate of drug-likeness (QED) is 0.0160. The second-order valence-corrected chi connectivity index (χ2v) is 32.8. The van der Waals surface area contributed by atoms with Crippen LogP contribution in [-0.4, -0.2) is 75.0 Å². The fourth-order valence-corrected chi connectivity index (χ4v) is 14.4. The lowest BCUT2D eigenvalue weighted by Gasteiger charge is -2.14. The van der Waals surface area contributed by atoms with Crippen LogP contribution in [0.25, 0.3) is 22.8 Å². The van der Waals surface area contributed by atoms with Crippen LogP contribution in [0.3, 0.4) is 0 Å². The summed E-state index contributed by atoms with van der Waals surface area (Å²) in [5.74, 6) is 1.41. The van der Waals surface area contributed by atoms with E-state index < -0.39 is 18.0 Å². The highest BCUT2D eigenvalue weighted by molar-refractivity contribution is 6.08. The first-order valence-corrected chi connectivity index (χ1v) is 43.9. The molecule has 17 rings (SSSR count). The molecule has 16 aromatic rings. The maximum atomic E-state index is 13.5. The van der Waals surface area contributed by atoms with Crippen LogP contribution >= 0.6 is 0 Å². The van der Waals surface area contributed by atoms with Gasteiger partial charge in [-0.2, -0.15) is 13.2 Å². The first-order valence-electron chi connectivity index (χ1n) is 43.9. The first kappa shape index (κ1) is 99.3. The van der Waals surface area contributed by atoms with Gasteiger partial charge in [-0.1, -0.05) is 129 Å². The maximum Gasteiger partial charge on any atom is 0.586 e. The van der Waals surface area contributed by atoms with Gasteiger partial charge in [0.15, 0.2) is 11.5 Å². The number of amides is 4. The average molecular weight is 1910 g/mol. The van der Waals surface area contributed by atoms with Crippen LogP contribution in [0.5, 0.6) is 11.5 Å². The molecule has 0 fully saturated rings. The average Bonchev–Trinajstić information content (AvgIpc) is 1.64. The van der Waals surface area contributed by atoms with Gasteiger partial charge in [0.2, 0.25) is 0 Å². The maximum absolute atomic E-state index is 13.5. The Morgan fingerprint density at radius 2 is 0.627 bits per heavy atom. The zero-order valence-corrected chi connectivity index (χ0v) is 77.3. The SMILES string of the molecule is C=C(Nc1ccc(C)c(C(=O)Nc2cnc(Cc3cccc(N)c3)nc2)c1)c1ccc(C(F)(F)F)cc1.C=C(Nc1ccc(C)c(C(=O)Nc2cnc(Cc3cccc(N)c3)nc2)c1)c1ccc2c(c1)OC(F)(F)O2.C=C(Nc1ccc(C)c(C(=O)Nc2cnc(Cc3cccc(N)c3)nc2)c1)c1cccc(F)c1.C=C(Nc1ccc(C)c(C(=O)Nc2cnc(Cc3cccc(N)c3)nc2)c1)c1cnoc1C. The van der Waals surface area contributed by atoms with Gasteiger partial charge in [-0.05, 0) is 224 Å². The predicted octanol–water partition coefficient (Wildman–Crippen LogP) is 21.9. The third kappa shape index (κ3) is 27.6. The minimum atomic E-state index is -4.41. The van der Waals surface area contributed by atoms with Gasteiger partial charge in [0, 0.05) is 127 Å². The molecule has 0 spiro atoms. The Morgan fingerprint density at radius 3 is 0.937 bits per heavy atom. The number of carbonyl (C=O) groups is 4. The van der Waals surface area contributed by atoms with Gasteiger partial charge in [0.1, 0.15) is 34.9 Å². The van der Waals surface area contributed by atoms with Crippen LogP contribution in [0.2, 0.25) is 0 Å². The standard InChI is InChI=1S/C28H24F3N5O.C28H23F2N5O3.C27H24FN5O.C25H24N6O2/c1-17-6-11-23(35-18(2)20-7-9-21(10-8-20)28(29,30)31)14-25(17)27(37)36-24-15-33-26(34-16-24)13-19-4-3-5-22(32)12-19;1-16-6-8-21(34-17(2)19-7-9-24-25(12-19)38-28(29,30)37-24)13-23(16)27(36)35-22-14-32-26(33-15-22)11-18-4-3-5-20(31)10-18;1-17-9-10-23(32-18(2)20-6-4-7-21(28)13-20)14-25(17)27(34)33-24-15-30-26(31-16-24)12-19-5-3-8-22(29)11-19;1-15-7-8-20(30-16(2)23-14-29-33-17(23)3)11-22(15)25(32)31-21-12-27-24(28-13-21)10-18-5-4-6-19(26)9-18/h3-12,14-16,35H,2,13,32H2,1H3,(H,36,37);3-10,12-15,34H,2,11,31H2,1H3,(H,35,36);3-11,13-16,32H,2,12,29H2,1H3,(H,33,34);4-9,11-14,30H,2,10,26H2,1,3H3,(H,31,32). The molecule has 1 aliphatic rings. The van der Waals surface area contributed by atoms with E-state index in [9.17, 15) is 45.5 Å². The summed E-state index contributed by atoms with van der Waals surface area (Å²) in [6, 6.07) is 66.6. The molecule has 0 saturated heterocycles. The van der Waals surface area contributed by atoms with E-state index in [2.05, 4.69) is 123 Å². The minimum absolute atomic E-state index is 0.0531. The molecule has 0 unspecified atom stereocenters. The van der Waals surface area contributed by atoms with E-state index in [1.807, 2.05) is 143 Å². The molecule has 34 heteroatoms. The summed E-state index contributed by atoms with van der Waals surface area (Å²) in [4.78, 5) is 86.5. The Morgan fingerprint density at radius 1 is 0.324 bits per heavy atom. The minimum Gasteiger partial charge on any atom is -0.399 e. The van der Waals surface area contributed by atoms with Crippen LogP contribution in [0.15, 0.2) is 323 Å². The monoisotopic (exact) mass is 1910 g/mol. The molecule has 0 bridgehead atoms. The fourth-order valence-electron chi connectivity index (χ4n) is 14.4. The van der Waals surface area contributed by atoms with Gasteiger partial charge < -0.3 is 79.5 Å². The second-order valence-electron chi connectivity index (χ2n) is 32.8. The van der Waals surface area contributed by atoms with E-state index in [1.54, 1.807) is 123 Å². The third-order valence-corrected chi connectivity index (χ3v) is 21.8. The highest BCUT2D eigenvalue weighted by Crippen LogP contribution is 2.43. The summed E-state index contributed by atoms with van der Waals surface area (Å²) in [7, 11) is 0. The number of fused-ring (bicyclic) bond motifs is 1. The zero-order valence-electron chi connectivity index (χ0n) is 77.3. The van der Waals surface area contributed by atoms with Crippen LogP contribution in [0, 0.1) is 40.4 Å². The number of nitrogen functional groups attached to an aromatic ring is 4. The molecule has 0 radical (unpaired) electrons. The van der Waals surface area contributed by atoms with E-state index >= 15 is 0 Å². The van der Waals surface area contributed by atoms with Gasteiger partial charge in [-0.3, -0.25) is 19.2 Å². The van der Waals surface area contributed by atoms with Crippen molar-refractivity contribution in [3.05, 3.63) is 448 Å². The molecule has 1 aliphatic heterocycles. The number of aryl methyl sites for hydroxylation is 5. The molecule has 11 aromatic carbocycles. The summed E-state index contributed by atoms with van der Waals surface area (Å²) in [6.07, 6.45) is 8.15. The molecule has 28 nitrogen and oxygen atoms in total. The number of nitrogens with zero attached hydrogens (tertiary/aromatic N) is 9. The summed E-state index contributed by atoms with van der Waals surface area (Å²) >= 11 is 0. The van der Waals surface area contributed by atoms with Crippen molar-refractivity contribution in [1.82, 2.24) is 45.0 Å². The Hall–Kier alpha value is -18.6. The Bertz CT molecular complexity index is 7370. The predicted molar refractivity (Wildman–Crippen MR) is 542 cm³/mol. The highest BCUT2D eigenvalue weighted by Gasteiger charge is 2.43. The van der Waals surface area contributed by atoms with Crippen molar-refractivity contribution < 1.29 is 59.5 Å². The zero-order chi connectivity index (χ0) is 101. The van der Waals surface area contributed by atoms with E-state index in [0.717, 1.165) is 67.9 Å². The van der Waals surface area contributed by atoms with E-state index in [1.165, 1.54) is 48.8 Å². The summed E-state index contributed by atoms with van der Waals surface area (Å²) in [5.41, 5.74) is 43.1. The molecule has 716 valence electrons. The molecular formula is C108H95F6N21O7. The lowest BCUT2D eigenvalue weighted by atomic mass is 10.1. The number of carbonyl (C=O) groups excluding carboxylic acids is 4. The number of hydrogen-bond acceptors (Lipinski definition) is 24. The van der Waals surface area contributed by atoms with Crippen molar-refractivity contribution in [2.24, 2.45) is 0 Å². The first-order chi connectivity index (χ1) is 68.0. The molecule has 142 heavy (non-hydrogen) atoms. The smallest absolute Gasteiger partial charge is 0.399 e. The van der Waals surface area contributed by atoms with Crippen LogP contribution in [0.4, 0.5) is 94.6 Å². The van der Waals surface area contributed by atoms with E-state index in [4.69, 9.17) is 27.5 Å². The second kappa shape index (κ2) is 44.9. The number of anilines is 12. The van der Waals surface area contributed by atoms with Crippen molar-refractivity contribution >= 4 is 115 Å². The lowest BCUT2D eigenvalue weighted by Crippen LogP contribution is -2.25. The van der Waals surface area contributed by atoms with Crippen LogP contribution < -0.4 is 74.9 Å². The molecule has 16 N–H and O–H groups in total. The number of halogens is 6. The highest BCUT2D eigenvalue weighted by atomic mass is 19.4. The van der Waals surface area contributed by atoms with Gasteiger partial charge >= 0.3 is 12.5 Å². The van der Waals surface area contributed by atoms with Crippen molar-refractivity contribution in [3.63, 3.8) is 0 Å². The lowest BCUT2D eigenvalue weighted by molar-refractivity contribution is -0.286. The largest absolute Gasteiger partial charge is 0.586 e. The summed E-state index contributed by atoms with van der Waals surface area (Å²) in [5, 5.41) is 27.5. The van der Waals surface area contributed by atoms with Gasteiger partial charge in [-0.15, -0.1) is 8.78 Å². The number of aromatic nitrogens is 9. The fraction of sp³-hybridized carbons (Fsp3) is 0.102. The van der Waals surface area contributed by atoms with Crippen molar-refractivity contribution in [2.45, 2.75) is 72.8 Å². The van der Waals surface area contributed by atoms with Crippen LogP contribution in [0.1, 0.15) is 143 Å². The van der Waals surface area contributed by atoms with Crippen molar-refractivity contribution in [1.29, 1.82) is 0 Å². The Balaban J connectivity index is 0.000000151. The number of hydrogen-bond donors (Lipinski definition) is 12. The molecule has 5 aromatic heterocycles. The molecular weight excluding hydrogens is 1820 g/mol. The number of alkyl halides is 5. The van der Waals surface area contributed by atoms with Crippen molar-refractivity contribution in [3.8, 4) is 11.5 Å². The Kier molecular flexibility index (Phi) is 31.4. The molecule has 6 heterocycles. The number of nitrogens with one attached hydrogen (secondary N) is 8. The number of rotatable bonds is 28. The van der Waals surface area contributed by atoms with Crippen molar-refractivity contribution in [2.75, 3.05) is 65.5 Å². The molecule has 0 atom stereocenters. The van der Waals surface area contributed by atoms with E-state index in [-0.39, 0.29) is 40.9 Å². The Labute approximate surface area is 812 Å².